The van der Waals surface area contributed by atoms with Gasteiger partial charge in [0.2, 0.25) is 5.91 Å². The van der Waals surface area contributed by atoms with Crippen LogP contribution >= 0.6 is 35.4 Å². The van der Waals surface area contributed by atoms with E-state index in [0.29, 0.717) is 42.6 Å². The number of carbonyl (C=O) groups excluding carboxylic acids is 3. The normalized spacial score (nSPS) is 17.7. The third-order valence-electron chi connectivity index (χ3n) is 6.05. The SMILES string of the molecule is O=C1NC(=S)N(c2ccc(Cl)c(Cl)c2)C(=O)/C1=C\c1cn(CC(=O)N2CCOCC2)c2ccccc12. The van der Waals surface area contributed by atoms with Crippen molar-refractivity contribution in [2.24, 2.45) is 0 Å². The number of morpholine rings is 1. The fraction of sp³-hybridized carbons (Fsp3) is 0.200. The molecule has 36 heavy (non-hydrogen) atoms. The van der Waals surface area contributed by atoms with Crippen molar-refractivity contribution in [3.8, 4) is 0 Å². The maximum atomic E-state index is 13.4. The van der Waals surface area contributed by atoms with Gasteiger partial charge in [-0.1, -0.05) is 41.4 Å². The van der Waals surface area contributed by atoms with Gasteiger partial charge in [0, 0.05) is 35.8 Å². The lowest BCUT2D eigenvalue weighted by Gasteiger charge is -2.29. The van der Waals surface area contributed by atoms with Crippen molar-refractivity contribution in [2.45, 2.75) is 6.54 Å². The number of hydrogen-bond acceptors (Lipinski definition) is 5. The molecule has 0 saturated carbocycles. The predicted octanol–water partition coefficient (Wildman–Crippen LogP) is 3.64. The molecule has 3 heterocycles. The topological polar surface area (TPSA) is 83.9 Å². The molecule has 1 aromatic heterocycles. The summed E-state index contributed by atoms with van der Waals surface area (Å²) in [4.78, 5) is 42.1. The number of thiocarbonyl (C=S) groups is 1. The number of benzene rings is 2. The number of halogens is 2. The molecule has 2 saturated heterocycles. The van der Waals surface area contributed by atoms with Crippen molar-refractivity contribution in [2.75, 3.05) is 31.2 Å². The summed E-state index contributed by atoms with van der Waals surface area (Å²) in [6, 6.07) is 12.2. The fourth-order valence-electron chi connectivity index (χ4n) is 4.25. The van der Waals surface area contributed by atoms with Crippen LogP contribution in [0.3, 0.4) is 0 Å². The highest BCUT2D eigenvalue weighted by atomic mass is 35.5. The number of amides is 3. The number of nitrogens with one attached hydrogen (secondary N) is 1. The third kappa shape index (κ3) is 4.62. The van der Waals surface area contributed by atoms with E-state index in [2.05, 4.69) is 5.32 Å². The van der Waals surface area contributed by atoms with Gasteiger partial charge in [0.1, 0.15) is 12.1 Å². The monoisotopic (exact) mass is 542 g/mol. The maximum Gasteiger partial charge on any atom is 0.270 e. The third-order valence-corrected chi connectivity index (χ3v) is 7.08. The van der Waals surface area contributed by atoms with Crippen molar-refractivity contribution < 1.29 is 19.1 Å². The predicted molar refractivity (Wildman–Crippen MR) is 142 cm³/mol. The molecule has 2 fully saturated rings. The molecule has 8 nitrogen and oxygen atoms in total. The van der Waals surface area contributed by atoms with Gasteiger partial charge in [-0.15, -0.1) is 0 Å². The molecule has 2 aliphatic heterocycles. The van der Waals surface area contributed by atoms with Crippen LogP contribution in [-0.2, 0) is 25.7 Å². The zero-order valence-corrected chi connectivity index (χ0v) is 21.2. The molecule has 184 valence electrons. The lowest BCUT2D eigenvalue weighted by atomic mass is 10.1. The number of nitrogens with zero attached hydrogens (tertiary/aromatic N) is 3. The standard InChI is InChI=1S/C25H20Cl2N4O4S/c26-19-6-5-16(12-20(19)27)31-24(34)18(23(33)28-25(31)36)11-15-13-30(21-4-2-1-3-17(15)21)14-22(32)29-7-9-35-10-8-29/h1-6,11-13H,7-10,14H2,(H,28,33,36)/b18-11-. The van der Waals surface area contributed by atoms with E-state index in [1.54, 1.807) is 23.2 Å². The van der Waals surface area contributed by atoms with Crippen LogP contribution in [0.15, 0.2) is 54.2 Å². The van der Waals surface area contributed by atoms with E-state index in [9.17, 15) is 14.4 Å². The molecule has 2 aromatic carbocycles. The summed E-state index contributed by atoms with van der Waals surface area (Å²) in [6.45, 7) is 2.26. The number of ether oxygens (including phenoxy) is 1. The van der Waals surface area contributed by atoms with Crippen molar-refractivity contribution >= 4 is 80.9 Å². The minimum Gasteiger partial charge on any atom is -0.378 e. The second-order valence-corrected chi connectivity index (χ2v) is 9.48. The Labute approximate surface area is 222 Å². The van der Waals surface area contributed by atoms with Crippen LogP contribution in [0.25, 0.3) is 17.0 Å². The zero-order valence-electron chi connectivity index (χ0n) is 18.9. The van der Waals surface area contributed by atoms with E-state index in [1.807, 2.05) is 28.8 Å². The number of hydrogen-bond donors (Lipinski definition) is 1. The first-order chi connectivity index (χ1) is 17.3. The Morgan fingerprint density at radius 3 is 2.58 bits per heavy atom. The summed E-state index contributed by atoms with van der Waals surface area (Å²) in [6.07, 6.45) is 3.29. The number of rotatable bonds is 4. The van der Waals surface area contributed by atoms with Crippen LogP contribution in [0.4, 0.5) is 5.69 Å². The summed E-state index contributed by atoms with van der Waals surface area (Å²) in [5.41, 5.74) is 1.72. The van der Waals surface area contributed by atoms with Crippen LogP contribution in [-0.4, -0.2) is 58.6 Å². The van der Waals surface area contributed by atoms with E-state index in [0.717, 1.165) is 10.9 Å². The van der Waals surface area contributed by atoms with Gasteiger partial charge in [0.05, 0.1) is 28.9 Å². The molecule has 0 spiro atoms. The Balaban J connectivity index is 1.51. The quantitative estimate of drug-likeness (QED) is 0.309. The minimum atomic E-state index is -0.609. The van der Waals surface area contributed by atoms with E-state index in [-0.39, 0.29) is 28.2 Å². The van der Waals surface area contributed by atoms with Gasteiger partial charge in [0.15, 0.2) is 5.11 Å². The average molecular weight is 543 g/mol. The fourth-order valence-corrected chi connectivity index (χ4v) is 4.82. The van der Waals surface area contributed by atoms with E-state index in [4.69, 9.17) is 40.2 Å². The van der Waals surface area contributed by atoms with Gasteiger partial charge in [-0.2, -0.15) is 0 Å². The molecule has 0 atom stereocenters. The van der Waals surface area contributed by atoms with E-state index < -0.39 is 11.8 Å². The number of para-hydroxylation sites is 1. The van der Waals surface area contributed by atoms with Crippen LogP contribution in [0.2, 0.25) is 10.0 Å². The lowest BCUT2D eigenvalue weighted by Crippen LogP contribution is -2.54. The number of aromatic nitrogens is 1. The Hall–Kier alpha value is -3.24. The summed E-state index contributed by atoms with van der Waals surface area (Å²) in [7, 11) is 0. The lowest BCUT2D eigenvalue weighted by molar-refractivity contribution is -0.135. The molecule has 3 amide bonds. The van der Waals surface area contributed by atoms with E-state index in [1.165, 1.54) is 17.0 Å². The Bertz CT molecular complexity index is 1450. The molecular formula is C25H20Cl2N4O4S. The van der Waals surface area contributed by atoms with Crippen LogP contribution in [0.1, 0.15) is 5.56 Å². The Morgan fingerprint density at radius 1 is 1.08 bits per heavy atom. The van der Waals surface area contributed by atoms with Crippen LogP contribution in [0.5, 0.6) is 0 Å². The first kappa shape index (κ1) is 24.5. The van der Waals surface area contributed by atoms with Crippen LogP contribution in [0, 0.1) is 0 Å². The Kier molecular flexibility index (Phi) is 6.81. The van der Waals surface area contributed by atoms with Crippen molar-refractivity contribution in [3.05, 3.63) is 69.8 Å². The average Bonchev–Trinajstić information content (AvgIpc) is 3.21. The summed E-state index contributed by atoms with van der Waals surface area (Å²) in [5.74, 6) is -1.23. The van der Waals surface area contributed by atoms with Gasteiger partial charge in [-0.25, -0.2) is 0 Å². The van der Waals surface area contributed by atoms with Gasteiger partial charge in [0.25, 0.3) is 11.8 Å². The molecule has 5 rings (SSSR count). The van der Waals surface area contributed by atoms with Crippen LogP contribution < -0.4 is 10.2 Å². The highest BCUT2D eigenvalue weighted by Gasteiger charge is 2.35. The zero-order chi connectivity index (χ0) is 25.4. The van der Waals surface area contributed by atoms with Gasteiger partial charge in [-0.3, -0.25) is 24.6 Å². The maximum absolute atomic E-state index is 13.4. The first-order valence-electron chi connectivity index (χ1n) is 11.1. The molecule has 11 heteroatoms. The summed E-state index contributed by atoms with van der Waals surface area (Å²) < 4.78 is 7.16. The van der Waals surface area contributed by atoms with Gasteiger partial charge in [-0.05, 0) is 42.6 Å². The van der Waals surface area contributed by atoms with E-state index >= 15 is 0 Å². The van der Waals surface area contributed by atoms with Gasteiger partial charge < -0.3 is 14.2 Å². The van der Waals surface area contributed by atoms with Crippen molar-refractivity contribution in [1.82, 2.24) is 14.8 Å². The molecule has 2 aliphatic rings. The van der Waals surface area contributed by atoms with Crippen molar-refractivity contribution in [1.29, 1.82) is 0 Å². The van der Waals surface area contributed by atoms with Crippen molar-refractivity contribution in [3.63, 3.8) is 0 Å². The second-order valence-electron chi connectivity index (χ2n) is 8.28. The smallest absolute Gasteiger partial charge is 0.270 e. The molecule has 0 aliphatic carbocycles. The molecule has 1 N–H and O–H groups in total. The molecular weight excluding hydrogens is 523 g/mol. The number of anilines is 1. The molecule has 3 aromatic rings. The molecule has 0 bridgehead atoms. The van der Waals surface area contributed by atoms with Gasteiger partial charge >= 0.3 is 0 Å². The first-order valence-corrected chi connectivity index (χ1v) is 12.3. The second kappa shape index (κ2) is 10.0. The molecule has 0 unspecified atom stereocenters. The minimum absolute atomic E-state index is 0.0270. The summed E-state index contributed by atoms with van der Waals surface area (Å²) in [5, 5.41) is 3.89. The Morgan fingerprint density at radius 2 is 1.83 bits per heavy atom. The molecule has 0 radical (unpaired) electrons. The number of fused-ring (bicyclic) bond motifs is 1. The highest BCUT2D eigenvalue weighted by Crippen LogP contribution is 2.30. The summed E-state index contributed by atoms with van der Waals surface area (Å²) >= 11 is 17.4. The highest BCUT2D eigenvalue weighted by molar-refractivity contribution is 7.80. The number of carbonyl (C=O) groups is 3. The largest absolute Gasteiger partial charge is 0.378 e.